The molecule has 0 spiro atoms. The number of rotatable bonds is 2. The van der Waals surface area contributed by atoms with Crippen LogP contribution in [0.15, 0.2) is 16.9 Å². The van der Waals surface area contributed by atoms with E-state index >= 15 is 0 Å². The molecule has 0 aliphatic carbocycles. The van der Waals surface area contributed by atoms with Gasteiger partial charge in [0, 0.05) is 18.6 Å². The van der Waals surface area contributed by atoms with Crippen LogP contribution in [0.5, 0.6) is 0 Å². The SMILES string of the molecule is CC1(NC(=O)OC(C)(C)C)CCN(c2cnc3c(Br)nn(C(=O)OC(C)(C)C)c3c2)CC1. The van der Waals surface area contributed by atoms with Crippen molar-refractivity contribution in [1.29, 1.82) is 0 Å². The predicted octanol–water partition coefficient (Wildman–Crippen LogP) is 4.86. The second-order valence-electron chi connectivity index (χ2n) is 10.4. The Morgan fingerprint density at radius 3 is 2.25 bits per heavy atom. The van der Waals surface area contributed by atoms with Crippen molar-refractivity contribution in [2.45, 2.75) is 78.0 Å². The van der Waals surface area contributed by atoms with Crippen molar-refractivity contribution >= 4 is 44.8 Å². The molecule has 32 heavy (non-hydrogen) atoms. The van der Waals surface area contributed by atoms with E-state index in [2.05, 4.69) is 36.2 Å². The zero-order valence-electron chi connectivity index (χ0n) is 19.8. The van der Waals surface area contributed by atoms with Crippen LogP contribution in [0.3, 0.4) is 0 Å². The van der Waals surface area contributed by atoms with Gasteiger partial charge in [0.2, 0.25) is 0 Å². The lowest BCUT2D eigenvalue weighted by atomic mass is 9.89. The molecule has 0 unspecified atom stereocenters. The van der Waals surface area contributed by atoms with Crippen molar-refractivity contribution in [2.75, 3.05) is 18.0 Å². The molecule has 1 aliphatic heterocycles. The highest BCUT2D eigenvalue weighted by Crippen LogP contribution is 2.30. The minimum absolute atomic E-state index is 0.350. The number of carbonyl (C=O) groups excluding carboxylic acids is 2. The third-order valence-electron chi connectivity index (χ3n) is 5.07. The van der Waals surface area contributed by atoms with Crippen LogP contribution in [0.25, 0.3) is 11.0 Å². The van der Waals surface area contributed by atoms with Crippen LogP contribution >= 0.6 is 15.9 Å². The van der Waals surface area contributed by atoms with Gasteiger partial charge in [0.25, 0.3) is 0 Å². The van der Waals surface area contributed by atoms with E-state index in [9.17, 15) is 9.59 Å². The molecule has 3 heterocycles. The van der Waals surface area contributed by atoms with Crippen molar-refractivity contribution in [2.24, 2.45) is 0 Å². The van der Waals surface area contributed by atoms with Gasteiger partial charge < -0.3 is 19.7 Å². The number of nitrogens with one attached hydrogen (secondary N) is 1. The first kappa shape index (κ1) is 24.3. The van der Waals surface area contributed by atoms with Crippen LogP contribution in [-0.2, 0) is 9.47 Å². The highest BCUT2D eigenvalue weighted by molar-refractivity contribution is 9.10. The zero-order chi connectivity index (χ0) is 23.9. The Bertz CT molecular complexity index is 1010. The van der Waals surface area contributed by atoms with Crippen LogP contribution in [0.2, 0.25) is 0 Å². The summed E-state index contributed by atoms with van der Waals surface area (Å²) >= 11 is 3.38. The number of hydrogen-bond acceptors (Lipinski definition) is 7. The third-order valence-corrected chi connectivity index (χ3v) is 5.60. The Morgan fingerprint density at radius 2 is 1.69 bits per heavy atom. The average Bonchev–Trinajstić information content (AvgIpc) is 2.95. The molecule has 1 amide bonds. The number of halogens is 1. The van der Waals surface area contributed by atoms with Gasteiger partial charge in [-0.2, -0.15) is 9.78 Å². The maximum atomic E-state index is 12.6. The van der Waals surface area contributed by atoms with E-state index in [1.165, 1.54) is 4.68 Å². The Labute approximate surface area is 197 Å². The minimum atomic E-state index is -0.634. The second-order valence-corrected chi connectivity index (χ2v) is 11.2. The lowest BCUT2D eigenvalue weighted by Gasteiger charge is -2.41. The van der Waals surface area contributed by atoms with Crippen LogP contribution in [0.4, 0.5) is 15.3 Å². The van der Waals surface area contributed by atoms with Crippen molar-refractivity contribution in [3.63, 3.8) is 0 Å². The summed E-state index contributed by atoms with van der Waals surface area (Å²) in [4.78, 5) is 31.5. The summed E-state index contributed by atoms with van der Waals surface area (Å²) in [6.07, 6.45) is 2.32. The van der Waals surface area contributed by atoms with Gasteiger partial charge in [0.05, 0.1) is 11.9 Å². The molecule has 0 atom stereocenters. The highest BCUT2D eigenvalue weighted by atomic mass is 79.9. The van der Waals surface area contributed by atoms with Crippen LogP contribution < -0.4 is 10.2 Å². The van der Waals surface area contributed by atoms with Crippen LogP contribution in [-0.4, -0.2) is 56.8 Å². The number of amides is 1. The number of hydrogen-bond donors (Lipinski definition) is 1. The van der Waals surface area contributed by atoms with Gasteiger partial charge in [-0.05, 0) is 83.3 Å². The smallest absolute Gasteiger partial charge is 0.435 e. The molecule has 1 aliphatic rings. The van der Waals surface area contributed by atoms with E-state index in [0.717, 1.165) is 31.6 Å². The minimum Gasteiger partial charge on any atom is -0.444 e. The fraction of sp³-hybridized carbons (Fsp3) is 0.636. The molecule has 1 N–H and O–H groups in total. The molecular formula is C22H32BrN5O4. The van der Waals surface area contributed by atoms with E-state index in [0.29, 0.717) is 15.6 Å². The first-order valence-corrected chi connectivity index (χ1v) is 11.5. The largest absolute Gasteiger partial charge is 0.444 e. The molecule has 0 radical (unpaired) electrons. The number of ether oxygens (including phenoxy) is 2. The maximum absolute atomic E-state index is 12.6. The van der Waals surface area contributed by atoms with E-state index in [1.54, 1.807) is 6.20 Å². The molecule has 1 saturated heterocycles. The molecule has 0 saturated carbocycles. The fourth-order valence-corrected chi connectivity index (χ4v) is 3.97. The third kappa shape index (κ3) is 5.90. The number of fused-ring (bicyclic) bond motifs is 1. The van der Waals surface area contributed by atoms with Crippen molar-refractivity contribution in [1.82, 2.24) is 20.1 Å². The van der Waals surface area contributed by atoms with Crippen molar-refractivity contribution in [3.8, 4) is 0 Å². The molecule has 176 valence electrons. The van der Waals surface area contributed by atoms with Gasteiger partial charge in [0.15, 0.2) is 4.60 Å². The standard InChI is InChI=1S/C22H32BrN5O4/c1-20(2,3)31-18(29)25-22(7)8-10-27(11-9-22)14-12-15-16(24-13-14)17(23)26-28(15)19(30)32-21(4,5)6/h12-13H,8-11H2,1-7H3,(H,25,29). The first-order chi connectivity index (χ1) is 14.7. The van der Waals surface area contributed by atoms with E-state index in [1.807, 2.05) is 54.5 Å². The normalized spacial score (nSPS) is 16.7. The predicted molar refractivity (Wildman–Crippen MR) is 126 cm³/mol. The first-order valence-electron chi connectivity index (χ1n) is 10.7. The molecule has 3 rings (SSSR count). The average molecular weight is 510 g/mol. The Hall–Kier alpha value is -2.36. The Morgan fingerprint density at radius 1 is 1.09 bits per heavy atom. The maximum Gasteiger partial charge on any atom is 0.435 e. The van der Waals surface area contributed by atoms with Crippen LogP contribution in [0, 0.1) is 0 Å². The highest BCUT2D eigenvalue weighted by Gasteiger charge is 2.33. The van der Waals surface area contributed by atoms with Gasteiger partial charge in [-0.3, -0.25) is 0 Å². The van der Waals surface area contributed by atoms with Crippen molar-refractivity contribution in [3.05, 3.63) is 16.9 Å². The molecule has 0 aromatic carbocycles. The van der Waals surface area contributed by atoms with Gasteiger partial charge >= 0.3 is 12.2 Å². The number of anilines is 1. The fourth-order valence-electron chi connectivity index (χ4n) is 3.50. The van der Waals surface area contributed by atoms with Gasteiger partial charge in [-0.25, -0.2) is 14.6 Å². The lowest BCUT2D eigenvalue weighted by Crippen LogP contribution is -2.54. The topological polar surface area (TPSA) is 98.6 Å². The van der Waals surface area contributed by atoms with Crippen molar-refractivity contribution < 1.29 is 19.1 Å². The monoisotopic (exact) mass is 509 g/mol. The van der Waals surface area contributed by atoms with Crippen LogP contribution in [0.1, 0.15) is 61.3 Å². The molecular weight excluding hydrogens is 478 g/mol. The molecule has 10 heteroatoms. The van der Waals surface area contributed by atoms with Gasteiger partial charge in [-0.1, -0.05) is 0 Å². The number of pyridine rings is 1. The lowest BCUT2D eigenvalue weighted by molar-refractivity contribution is 0.0446. The van der Waals surface area contributed by atoms with Gasteiger partial charge in [0.1, 0.15) is 22.2 Å². The summed E-state index contributed by atoms with van der Waals surface area (Å²) in [5.41, 5.74) is 0.530. The summed E-state index contributed by atoms with van der Waals surface area (Å²) in [6.45, 7) is 14.5. The molecule has 9 nitrogen and oxygen atoms in total. The van der Waals surface area contributed by atoms with E-state index < -0.39 is 23.4 Å². The number of aromatic nitrogens is 3. The summed E-state index contributed by atoms with van der Waals surface area (Å²) in [5.74, 6) is 0. The molecule has 2 aromatic heterocycles. The second kappa shape index (κ2) is 8.53. The number of nitrogens with zero attached hydrogens (tertiary/aromatic N) is 4. The summed E-state index contributed by atoms with van der Waals surface area (Å²) in [5, 5.41) is 7.28. The summed E-state index contributed by atoms with van der Waals surface area (Å²) in [7, 11) is 0. The number of alkyl carbamates (subject to hydrolysis) is 1. The molecule has 1 fully saturated rings. The summed E-state index contributed by atoms with van der Waals surface area (Å²) in [6, 6.07) is 1.90. The Balaban J connectivity index is 1.75. The molecule has 2 aromatic rings. The van der Waals surface area contributed by atoms with E-state index in [-0.39, 0.29) is 5.54 Å². The quantitative estimate of drug-likeness (QED) is 0.616. The summed E-state index contributed by atoms with van der Waals surface area (Å²) < 4.78 is 12.6. The molecule has 0 bridgehead atoms. The number of carbonyl (C=O) groups is 2. The Kier molecular flexibility index (Phi) is 6.48. The van der Waals surface area contributed by atoms with Gasteiger partial charge in [-0.15, -0.1) is 0 Å². The number of piperidine rings is 1. The van der Waals surface area contributed by atoms with E-state index in [4.69, 9.17) is 9.47 Å². The zero-order valence-corrected chi connectivity index (χ0v) is 21.4.